The average Bonchev–Trinajstić information content (AvgIpc) is 3.50. The van der Waals surface area contributed by atoms with Gasteiger partial charge in [-0.05, 0) is 25.7 Å². The van der Waals surface area contributed by atoms with E-state index in [1.807, 2.05) is 0 Å². The molecular weight excluding hydrogens is 358 g/mol. The number of carbonyl (C=O) groups excluding carboxylic acids is 2. The molecular formula is C17H17N3O7. The van der Waals surface area contributed by atoms with Crippen molar-refractivity contribution in [2.45, 2.75) is 25.3 Å². The van der Waals surface area contributed by atoms with Crippen LogP contribution in [0.2, 0.25) is 0 Å². The van der Waals surface area contributed by atoms with Gasteiger partial charge in [0.05, 0.1) is 17.1 Å². The second-order valence-corrected chi connectivity index (χ2v) is 6.48. The summed E-state index contributed by atoms with van der Waals surface area (Å²) in [5.74, 6) is -1.27. The maximum absolute atomic E-state index is 12.3. The number of carbonyl (C=O) groups is 2. The number of ether oxygens (including phenoxy) is 3. The molecule has 0 spiro atoms. The number of nitrogens with zero attached hydrogens (tertiary/aromatic N) is 2. The lowest BCUT2D eigenvalue weighted by Gasteiger charge is -2.22. The van der Waals surface area contributed by atoms with Crippen molar-refractivity contribution in [3.8, 4) is 17.6 Å². The molecule has 1 heterocycles. The van der Waals surface area contributed by atoms with Crippen molar-refractivity contribution in [3.05, 3.63) is 27.8 Å². The van der Waals surface area contributed by atoms with Gasteiger partial charge in [0.1, 0.15) is 24.3 Å². The van der Waals surface area contributed by atoms with Gasteiger partial charge in [-0.1, -0.05) is 0 Å². The summed E-state index contributed by atoms with van der Waals surface area (Å²) < 4.78 is 15.5. The number of amides is 1. The average molecular weight is 375 g/mol. The quantitative estimate of drug-likeness (QED) is 0.446. The van der Waals surface area contributed by atoms with Gasteiger partial charge in [-0.15, -0.1) is 0 Å². The van der Waals surface area contributed by atoms with E-state index in [1.165, 1.54) is 0 Å². The summed E-state index contributed by atoms with van der Waals surface area (Å²) in [5, 5.41) is 23.0. The van der Waals surface area contributed by atoms with Crippen LogP contribution < -0.4 is 14.8 Å². The zero-order chi connectivity index (χ0) is 19.6. The first-order valence-electron chi connectivity index (χ1n) is 8.31. The third-order valence-corrected chi connectivity index (χ3v) is 4.44. The second-order valence-electron chi connectivity index (χ2n) is 6.48. The van der Waals surface area contributed by atoms with E-state index in [0.29, 0.717) is 0 Å². The molecule has 0 bridgehead atoms. The van der Waals surface area contributed by atoms with E-state index in [-0.39, 0.29) is 36.2 Å². The van der Waals surface area contributed by atoms with Gasteiger partial charge in [0.2, 0.25) is 0 Å². The summed E-state index contributed by atoms with van der Waals surface area (Å²) in [4.78, 5) is 34.8. The van der Waals surface area contributed by atoms with Gasteiger partial charge in [-0.25, -0.2) is 4.79 Å². The van der Waals surface area contributed by atoms with Crippen LogP contribution in [0.3, 0.4) is 0 Å². The van der Waals surface area contributed by atoms with Crippen molar-refractivity contribution in [2.75, 3.05) is 19.8 Å². The van der Waals surface area contributed by atoms with Crippen molar-refractivity contribution >= 4 is 17.6 Å². The maximum atomic E-state index is 12.3. The highest BCUT2D eigenvalue weighted by molar-refractivity contribution is 5.96. The lowest BCUT2D eigenvalue weighted by Crippen LogP contribution is -2.48. The summed E-state index contributed by atoms with van der Waals surface area (Å²) in [7, 11) is 0. The van der Waals surface area contributed by atoms with Crippen LogP contribution in [-0.2, 0) is 9.53 Å². The fraction of sp³-hybridized carbons (Fsp3) is 0.471. The third kappa shape index (κ3) is 3.92. The minimum absolute atomic E-state index is 0.0704. The van der Waals surface area contributed by atoms with Gasteiger partial charge < -0.3 is 19.5 Å². The Morgan fingerprint density at radius 3 is 2.56 bits per heavy atom. The van der Waals surface area contributed by atoms with E-state index in [9.17, 15) is 25.0 Å². The molecule has 0 saturated heterocycles. The molecule has 0 aromatic heterocycles. The smallest absolute Gasteiger partial charge is 0.345 e. The number of nitriles is 1. The maximum Gasteiger partial charge on any atom is 0.345 e. The molecule has 1 aliphatic heterocycles. The molecule has 1 fully saturated rings. The first-order valence-corrected chi connectivity index (χ1v) is 8.31. The number of esters is 1. The normalized spacial score (nSPS) is 17.2. The van der Waals surface area contributed by atoms with Gasteiger partial charge in [0.25, 0.3) is 11.6 Å². The number of rotatable bonds is 6. The van der Waals surface area contributed by atoms with Crippen LogP contribution in [0.5, 0.6) is 11.5 Å². The Morgan fingerprint density at radius 2 is 2.00 bits per heavy atom. The van der Waals surface area contributed by atoms with E-state index in [1.54, 1.807) is 6.92 Å². The highest BCUT2D eigenvalue weighted by Gasteiger charge is 2.43. The second kappa shape index (κ2) is 7.11. The van der Waals surface area contributed by atoms with Gasteiger partial charge >= 0.3 is 5.97 Å². The van der Waals surface area contributed by atoms with Gasteiger partial charge in [0.15, 0.2) is 18.1 Å². The first-order chi connectivity index (χ1) is 12.8. The Morgan fingerprint density at radius 1 is 1.37 bits per heavy atom. The molecule has 0 unspecified atom stereocenters. The standard InChI is InChI=1S/C17H17N3O7/c1-17(9-18,10-2-3-10)19-15(21)8-27-16(22)11-6-13-14(26-5-4-25-13)7-12(11)20(23)24/h6-7,10H,2-5,8H2,1H3,(H,19,21)/t17-/m0/s1. The predicted molar refractivity (Wildman–Crippen MR) is 89.3 cm³/mol. The minimum atomic E-state index is -1.04. The third-order valence-electron chi connectivity index (χ3n) is 4.44. The van der Waals surface area contributed by atoms with Gasteiger partial charge in [0, 0.05) is 6.07 Å². The van der Waals surface area contributed by atoms with Crippen molar-refractivity contribution < 1.29 is 28.7 Å². The Kier molecular flexibility index (Phi) is 4.85. The van der Waals surface area contributed by atoms with Gasteiger partial charge in [-0.2, -0.15) is 5.26 Å². The zero-order valence-corrected chi connectivity index (χ0v) is 14.5. The molecule has 1 aromatic carbocycles. The molecule has 10 heteroatoms. The molecule has 27 heavy (non-hydrogen) atoms. The number of hydrogen-bond donors (Lipinski definition) is 1. The summed E-state index contributed by atoms with van der Waals surface area (Å²) in [6.45, 7) is 1.44. The van der Waals surface area contributed by atoms with E-state index in [2.05, 4.69) is 11.4 Å². The largest absolute Gasteiger partial charge is 0.486 e. The number of nitrogens with one attached hydrogen (secondary N) is 1. The first kappa shape index (κ1) is 18.4. The minimum Gasteiger partial charge on any atom is -0.486 e. The summed E-state index contributed by atoms with van der Waals surface area (Å²) in [6, 6.07) is 4.31. The lowest BCUT2D eigenvalue weighted by molar-refractivity contribution is -0.385. The van der Waals surface area contributed by atoms with E-state index in [4.69, 9.17) is 14.2 Å². The molecule has 10 nitrogen and oxygen atoms in total. The van der Waals surface area contributed by atoms with E-state index >= 15 is 0 Å². The molecule has 1 aliphatic carbocycles. The monoisotopic (exact) mass is 375 g/mol. The predicted octanol–water partition coefficient (Wildman–Crippen LogP) is 1.33. The van der Waals surface area contributed by atoms with Crippen LogP contribution in [0.1, 0.15) is 30.1 Å². The number of hydrogen-bond acceptors (Lipinski definition) is 8. The summed E-state index contributed by atoms with van der Waals surface area (Å²) in [5.41, 5.74) is -1.88. The van der Waals surface area contributed by atoms with E-state index < -0.39 is 34.6 Å². The SMILES string of the molecule is C[C@@](C#N)(NC(=O)COC(=O)c1cc2c(cc1[N+](=O)[O-])OCCO2)C1CC1. The zero-order valence-electron chi connectivity index (χ0n) is 14.5. The van der Waals surface area contributed by atoms with Crippen LogP contribution in [-0.4, -0.2) is 42.2 Å². The summed E-state index contributed by atoms with van der Waals surface area (Å²) in [6.07, 6.45) is 1.68. The highest BCUT2D eigenvalue weighted by Crippen LogP contribution is 2.39. The van der Waals surface area contributed by atoms with Crippen LogP contribution in [0.4, 0.5) is 5.69 Å². The number of benzene rings is 1. The fourth-order valence-corrected chi connectivity index (χ4v) is 2.81. The van der Waals surface area contributed by atoms with Crippen molar-refractivity contribution in [3.63, 3.8) is 0 Å². The van der Waals surface area contributed by atoms with Crippen LogP contribution in [0.15, 0.2) is 12.1 Å². The molecule has 1 amide bonds. The molecule has 1 saturated carbocycles. The van der Waals surface area contributed by atoms with Crippen LogP contribution in [0.25, 0.3) is 0 Å². The Labute approximate surface area is 154 Å². The van der Waals surface area contributed by atoms with Crippen molar-refractivity contribution in [1.82, 2.24) is 5.32 Å². The van der Waals surface area contributed by atoms with Crippen molar-refractivity contribution in [2.24, 2.45) is 5.92 Å². The molecule has 142 valence electrons. The molecule has 1 aromatic rings. The van der Waals surface area contributed by atoms with Crippen LogP contribution >= 0.6 is 0 Å². The number of nitro groups is 1. The summed E-state index contributed by atoms with van der Waals surface area (Å²) >= 11 is 0. The topological polar surface area (TPSA) is 141 Å². The number of fused-ring (bicyclic) bond motifs is 1. The number of nitro benzene ring substituents is 1. The molecule has 1 atom stereocenters. The molecule has 2 aliphatic rings. The Balaban J connectivity index is 1.69. The Hall–Kier alpha value is -3.35. The molecule has 3 rings (SSSR count). The van der Waals surface area contributed by atoms with E-state index in [0.717, 1.165) is 25.0 Å². The molecule has 1 N–H and O–H groups in total. The molecule has 0 radical (unpaired) electrons. The fourth-order valence-electron chi connectivity index (χ4n) is 2.81. The van der Waals surface area contributed by atoms with Crippen LogP contribution in [0, 0.1) is 27.4 Å². The highest BCUT2D eigenvalue weighted by atomic mass is 16.6. The lowest BCUT2D eigenvalue weighted by atomic mass is 9.98. The Bertz CT molecular complexity index is 844. The van der Waals surface area contributed by atoms with Gasteiger partial charge in [-0.3, -0.25) is 14.9 Å². The van der Waals surface area contributed by atoms with Crippen molar-refractivity contribution in [1.29, 1.82) is 5.26 Å².